The molecule has 0 N–H and O–H groups in total. The Morgan fingerprint density at radius 3 is 2.24 bits per heavy atom. The average molecular weight is 507 g/mol. The van der Waals surface area contributed by atoms with Crippen LogP contribution in [0, 0.1) is 0 Å². The van der Waals surface area contributed by atoms with Gasteiger partial charge in [-0.2, -0.15) is 0 Å². The SMILES string of the molecule is COc1ccc(C(=O)N2CCC3(CC2)C(=O)N(CC(=O)N2CCCC2)CN3c2ccccc2)c(OC)c1. The predicted molar refractivity (Wildman–Crippen MR) is 139 cm³/mol. The second kappa shape index (κ2) is 10.3. The maximum atomic E-state index is 13.9. The molecular formula is C28H34N4O5. The predicted octanol–water partition coefficient (Wildman–Crippen LogP) is 2.61. The minimum atomic E-state index is -0.784. The molecule has 0 saturated carbocycles. The quantitative estimate of drug-likeness (QED) is 0.599. The second-order valence-electron chi connectivity index (χ2n) is 9.89. The number of anilines is 1. The molecule has 3 heterocycles. The third kappa shape index (κ3) is 4.58. The number of amides is 3. The molecule has 9 heteroatoms. The lowest BCUT2D eigenvalue weighted by atomic mass is 9.85. The highest BCUT2D eigenvalue weighted by molar-refractivity contribution is 5.99. The number of carbonyl (C=O) groups excluding carboxylic acids is 3. The maximum Gasteiger partial charge on any atom is 0.257 e. The molecule has 37 heavy (non-hydrogen) atoms. The van der Waals surface area contributed by atoms with Crippen molar-refractivity contribution in [2.45, 2.75) is 31.2 Å². The van der Waals surface area contributed by atoms with Gasteiger partial charge in [0.15, 0.2) is 0 Å². The monoisotopic (exact) mass is 506 g/mol. The number of hydrogen-bond donors (Lipinski definition) is 0. The van der Waals surface area contributed by atoms with E-state index in [0.29, 0.717) is 49.7 Å². The molecule has 9 nitrogen and oxygen atoms in total. The lowest BCUT2D eigenvalue weighted by Crippen LogP contribution is -2.57. The van der Waals surface area contributed by atoms with Crippen LogP contribution in [0.1, 0.15) is 36.0 Å². The normalized spacial score (nSPS) is 19.0. The molecule has 3 saturated heterocycles. The standard InChI is InChI=1S/C28H34N4O5/c1-36-22-10-11-23(24(18-22)37-2)26(34)30-16-12-28(13-17-30)27(35)31(19-25(33)29-14-6-7-15-29)20-32(28)21-8-4-3-5-9-21/h3-5,8-11,18H,6-7,12-17,19-20H2,1-2H3. The topological polar surface area (TPSA) is 82.6 Å². The summed E-state index contributed by atoms with van der Waals surface area (Å²) in [7, 11) is 3.10. The molecule has 5 rings (SSSR count). The molecule has 1 spiro atoms. The Morgan fingerprint density at radius 1 is 0.892 bits per heavy atom. The van der Waals surface area contributed by atoms with Gasteiger partial charge in [0.05, 0.1) is 26.5 Å². The molecule has 196 valence electrons. The summed E-state index contributed by atoms with van der Waals surface area (Å²) < 4.78 is 10.7. The minimum Gasteiger partial charge on any atom is -0.497 e. The lowest BCUT2D eigenvalue weighted by Gasteiger charge is -2.43. The fraction of sp³-hybridized carbons (Fsp3) is 0.464. The van der Waals surface area contributed by atoms with Crippen LogP contribution in [0.2, 0.25) is 0 Å². The summed E-state index contributed by atoms with van der Waals surface area (Å²) in [4.78, 5) is 47.7. The first-order valence-corrected chi connectivity index (χ1v) is 12.9. The van der Waals surface area contributed by atoms with E-state index < -0.39 is 5.54 Å². The fourth-order valence-corrected chi connectivity index (χ4v) is 5.78. The van der Waals surface area contributed by atoms with Gasteiger partial charge in [0, 0.05) is 37.9 Å². The molecule has 3 amide bonds. The van der Waals surface area contributed by atoms with Crippen molar-refractivity contribution in [2.24, 2.45) is 0 Å². The van der Waals surface area contributed by atoms with Crippen molar-refractivity contribution in [3.05, 3.63) is 54.1 Å². The molecule has 3 fully saturated rings. The highest BCUT2D eigenvalue weighted by Crippen LogP contribution is 2.40. The summed E-state index contributed by atoms with van der Waals surface area (Å²) in [6.07, 6.45) is 3.00. The zero-order valence-corrected chi connectivity index (χ0v) is 21.5. The van der Waals surface area contributed by atoms with Crippen LogP contribution in [0.4, 0.5) is 5.69 Å². The first kappa shape index (κ1) is 24.9. The summed E-state index contributed by atoms with van der Waals surface area (Å²) in [6.45, 7) is 2.84. The highest BCUT2D eigenvalue weighted by Gasteiger charge is 2.54. The zero-order chi connectivity index (χ0) is 26.0. The van der Waals surface area contributed by atoms with Crippen LogP contribution >= 0.6 is 0 Å². The van der Waals surface area contributed by atoms with Crippen molar-refractivity contribution in [1.29, 1.82) is 0 Å². The molecule has 3 aliphatic rings. The summed E-state index contributed by atoms with van der Waals surface area (Å²) in [5.74, 6) is 0.920. The Hall–Kier alpha value is -3.75. The van der Waals surface area contributed by atoms with Crippen LogP contribution in [0.25, 0.3) is 0 Å². The molecular weight excluding hydrogens is 472 g/mol. The van der Waals surface area contributed by atoms with Crippen molar-refractivity contribution >= 4 is 23.4 Å². The van der Waals surface area contributed by atoms with E-state index in [1.54, 1.807) is 35.1 Å². The Morgan fingerprint density at radius 2 is 1.59 bits per heavy atom. The molecule has 0 aromatic heterocycles. The maximum absolute atomic E-state index is 13.9. The smallest absolute Gasteiger partial charge is 0.257 e. The number of carbonyl (C=O) groups is 3. The number of methoxy groups -OCH3 is 2. The first-order chi connectivity index (χ1) is 18.0. The van der Waals surface area contributed by atoms with E-state index in [2.05, 4.69) is 4.90 Å². The Bertz CT molecular complexity index is 1160. The molecule has 3 aliphatic heterocycles. The lowest BCUT2D eigenvalue weighted by molar-refractivity contribution is -0.140. The molecule has 0 radical (unpaired) electrons. The van der Waals surface area contributed by atoms with Crippen molar-refractivity contribution < 1.29 is 23.9 Å². The van der Waals surface area contributed by atoms with Crippen molar-refractivity contribution in [3.8, 4) is 11.5 Å². The number of benzene rings is 2. The van der Waals surface area contributed by atoms with Gasteiger partial charge in [-0.05, 0) is 49.9 Å². The van der Waals surface area contributed by atoms with Crippen LogP contribution in [-0.2, 0) is 9.59 Å². The van der Waals surface area contributed by atoms with Crippen LogP contribution in [0.3, 0.4) is 0 Å². The number of ether oxygens (including phenoxy) is 2. The van der Waals surface area contributed by atoms with Crippen LogP contribution in [0.15, 0.2) is 48.5 Å². The van der Waals surface area contributed by atoms with E-state index in [1.807, 2.05) is 35.2 Å². The molecule has 2 aromatic carbocycles. The Balaban J connectivity index is 1.36. The van der Waals surface area contributed by atoms with Gasteiger partial charge in [-0.25, -0.2) is 0 Å². The van der Waals surface area contributed by atoms with E-state index in [1.165, 1.54) is 7.11 Å². The molecule has 0 bridgehead atoms. The van der Waals surface area contributed by atoms with Crippen molar-refractivity contribution in [3.63, 3.8) is 0 Å². The van der Waals surface area contributed by atoms with Gasteiger partial charge in [0.1, 0.15) is 23.6 Å². The summed E-state index contributed by atoms with van der Waals surface area (Å²) >= 11 is 0. The van der Waals surface area contributed by atoms with Gasteiger partial charge in [-0.3, -0.25) is 14.4 Å². The number of likely N-dealkylation sites (tertiary alicyclic amines) is 2. The number of nitrogens with zero attached hydrogens (tertiary/aromatic N) is 4. The third-order valence-corrected chi connectivity index (χ3v) is 7.88. The second-order valence-corrected chi connectivity index (χ2v) is 9.89. The van der Waals surface area contributed by atoms with Gasteiger partial charge in [-0.15, -0.1) is 0 Å². The van der Waals surface area contributed by atoms with Crippen molar-refractivity contribution in [1.82, 2.24) is 14.7 Å². The van der Waals surface area contributed by atoms with Gasteiger partial charge < -0.3 is 29.1 Å². The first-order valence-electron chi connectivity index (χ1n) is 12.9. The summed E-state index contributed by atoms with van der Waals surface area (Å²) in [5, 5.41) is 0. The van der Waals surface area contributed by atoms with Crippen LogP contribution in [-0.4, -0.2) is 91.6 Å². The molecule has 0 atom stereocenters. The number of rotatable bonds is 6. The van der Waals surface area contributed by atoms with Crippen LogP contribution in [0.5, 0.6) is 11.5 Å². The summed E-state index contributed by atoms with van der Waals surface area (Å²) in [6, 6.07) is 15.0. The van der Waals surface area contributed by atoms with E-state index in [9.17, 15) is 14.4 Å². The zero-order valence-electron chi connectivity index (χ0n) is 21.5. The minimum absolute atomic E-state index is 0.00938. The molecule has 0 unspecified atom stereocenters. The van der Waals surface area contributed by atoms with E-state index in [4.69, 9.17) is 9.47 Å². The van der Waals surface area contributed by atoms with E-state index >= 15 is 0 Å². The average Bonchev–Trinajstić information content (AvgIpc) is 3.57. The third-order valence-electron chi connectivity index (χ3n) is 7.88. The fourth-order valence-electron chi connectivity index (χ4n) is 5.78. The Labute approximate surface area is 217 Å². The number of hydrogen-bond acceptors (Lipinski definition) is 6. The largest absolute Gasteiger partial charge is 0.497 e. The number of para-hydroxylation sites is 1. The van der Waals surface area contributed by atoms with Gasteiger partial charge in [0.2, 0.25) is 5.91 Å². The van der Waals surface area contributed by atoms with Crippen LogP contribution < -0.4 is 14.4 Å². The van der Waals surface area contributed by atoms with Gasteiger partial charge in [-0.1, -0.05) is 18.2 Å². The highest BCUT2D eigenvalue weighted by atomic mass is 16.5. The Kier molecular flexibility index (Phi) is 6.95. The summed E-state index contributed by atoms with van der Waals surface area (Å²) in [5.41, 5.74) is 0.631. The molecule has 2 aromatic rings. The van der Waals surface area contributed by atoms with Gasteiger partial charge >= 0.3 is 0 Å². The number of piperidine rings is 1. The molecule has 0 aliphatic carbocycles. The van der Waals surface area contributed by atoms with Gasteiger partial charge in [0.25, 0.3) is 11.8 Å². The van der Waals surface area contributed by atoms with E-state index in [0.717, 1.165) is 31.6 Å². The van der Waals surface area contributed by atoms with Crippen molar-refractivity contribution in [2.75, 3.05) is 58.5 Å². The van der Waals surface area contributed by atoms with E-state index in [-0.39, 0.29) is 24.3 Å².